The molecule has 7 nitrogen and oxygen atoms in total. The molecule has 0 unspecified atom stereocenters. The topological polar surface area (TPSA) is 80.9 Å². The highest BCUT2D eigenvalue weighted by atomic mass is 35.5. The summed E-state index contributed by atoms with van der Waals surface area (Å²) < 4.78 is 16.5. The van der Waals surface area contributed by atoms with Crippen LogP contribution in [0.15, 0.2) is 36.4 Å². The molecule has 0 bridgehead atoms. The summed E-state index contributed by atoms with van der Waals surface area (Å²) in [5, 5.41) is 4.18. The number of hydrogen-bond acceptors (Lipinski definition) is 5. The maximum atomic E-state index is 11.9. The predicted molar refractivity (Wildman–Crippen MR) is 116 cm³/mol. The van der Waals surface area contributed by atoms with Crippen LogP contribution in [0.5, 0.6) is 17.2 Å². The molecule has 3 rings (SSSR count). The van der Waals surface area contributed by atoms with Gasteiger partial charge in [-0.05, 0) is 49.0 Å². The summed E-state index contributed by atoms with van der Waals surface area (Å²) in [6.45, 7) is 1.38. The Morgan fingerprint density at radius 1 is 1.07 bits per heavy atom. The van der Waals surface area contributed by atoms with Crippen molar-refractivity contribution in [2.45, 2.75) is 12.8 Å². The third-order valence-corrected chi connectivity index (χ3v) is 4.55. The maximum absolute atomic E-state index is 11.9. The molecule has 2 aromatic carbocycles. The molecule has 0 aliphatic carbocycles. The minimum atomic E-state index is -0.220. The molecule has 0 aromatic heterocycles. The highest BCUT2D eigenvalue weighted by molar-refractivity contribution is 7.80. The van der Waals surface area contributed by atoms with Gasteiger partial charge in [0, 0.05) is 23.2 Å². The number of ether oxygens (including phenoxy) is 3. The van der Waals surface area contributed by atoms with Crippen molar-refractivity contribution in [1.29, 1.82) is 0 Å². The molecule has 1 aliphatic rings. The molecule has 0 fully saturated rings. The molecule has 1 aliphatic heterocycles. The fraction of sp³-hybridized carbons (Fsp3) is 0.263. The average molecular weight is 456 g/mol. The van der Waals surface area contributed by atoms with Crippen LogP contribution in [-0.2, 0) is 4.79 Å². The van der Waals surface area contributed by atoms with E-state index in [0.717, 1.165) is 0 Å². The minimum Gasteiger partial charge on any atom is -0.492 e. The Balaban J connectivity index is 1.34. The van der Waals surface area contributed by atoms with E-state index in [-0.39, 0.29) is 17.4 Å². The molecule has 1 heterocycles. The zero-order valence-corrected chi connectivity index (χ0v) is 17.6. The van der Waals surface area contributed by atoms with Crippen molar-refractivity contribution in [3.05, 3.63) is 46.4 Å². The van der Waals surface area contributed by atoms with Gasteiger partial charge < -0.3 is 19.5 Å². The molecule has 0 radical (unpaired) electrons. The van der Waals surface area contributed by atoms with Crippen molar-refractivity contribution < 1.29 is 19.0 Å². The van der Waals surface area contributed by atoms with E-state index in [1.807, 2.05) is 6.07 Å². The number of nitrogens with one attached hydrogen (secondary N) is 3. The van der Waals surface area contributed by atoms with Gasteiger partial charge >= 0.3 is 0 Å². The van der Waals surface area contributed by atoms with Gasteiger partial charge in [0.25, 0.3) is 0 Å². The van der Waals surface area contributed by atoms with E-state index in [1.54, 1.807) is 30.3 Å². The van der Waals surface area contributed by atoms with E-state index >= 15 is 0 Å². The Morgan fingerprint density at radius 2 is 1.86 bits per heavy atom. The second kappa shape index (κ2) is 10.4. The standard InChI is InChI=1S/C19H19Cl2N3O4S/c20-12-3-5-15(14(21)10-12)26-7-1-2-18(25)23-24-19(29)22-13-4-6-16-17(11-13)28-9-8-27-16/h3-6,10-11H,1-2,7-9H2,(H,23,25)(H2,22,24,29). The van der Waals surface area contributed by atoms with Crippen LogP contribution in [0.25, 0.3) is 0 Å². The van der Waals surface area contributed by atoms with Gasteiger partial charge in [0.1, 0.15) is 19.0 Å². The van der Waals surface area contributed by atoms with E-state index < -0.39 is 0 Å². The molecule has 10 heteroatoms. The normalized spacial score (nSPS) is 12.1. The first-order valence-corrected chi connectivity index (χ1v) is 10.0. The summed E-state index contributed by atoms with van der Waals surface area (Å²) in [6.07, 6.45) is 0.764. The first kappa shape index (κ1) is 21.3. The van der Waals surface area contributed by atoms with Crippen molar-refractivity contribution in [1.82, 2.24) is 10.9 Å². The second-order valence-corrected chi connectivity index (χ2v) is 7.26. The number of hydrazine groups is 1. The molecule has 0 saturated heterocycles. The largest absolute Gasteiger partial charge is 0.492 e. The van der Waals surface area contributed by atoms with Crippen LogP contribution >= 0.6 is 35.4 Å². The van der Waals surface area contributed by atoms with Crippen molar-refractivity contribution in [3.8, 4) is 17.2 Å². The van der Waals surface area contributed by atoms with E-state index in [0.29, 0.717) is 59.2 Å². The summed E-state index contributed by atoms with van der Waals surface area (Å²) >= 11 is 17.0. The SMILES string of the molecule is O=C(CCCOc1ccc(Cl)cc1Cl)NNC(=S)Nc1ccc2c(c1)OCCO2. The molecule has 2 aromatic rings. The smallest absolute Gasteiger partial charge is 0.238 e. The lowest BCUT2D eigenvalue weighted by Gasteiger charge is -2.19. The number of anilines is 1. The molecule has 0 spiro atoms. The third-order valence-electron chi connectivity index (χ3n) is 3.82. The molecular weight excluding hydrogens is 437 g/mol. The summed E-state index contributed by atoms with van der Waals surface area (Å²) in [5.41, 5.74) is 5.91. The van der Waals surface area contributed by atoms with Crippen LogP contribution in [0.1, 0.15) is 12.8 Å². The molecule has 154 valence electrons. The minimum absolute atomic E-state index is 0.220. The Morgan fingerprint density at radius 3 is 2.66 bits per heavy atom. The highest BCUT2D eigenvalue weighted by Gasteiger charge is 2.12. The maximum Gasteiger partial charge on any atom is 0.238 e. The molecular formula is C19H19Cl2N3O4S. The Kier molecular flexibility index (Phi) is 7.62. The number of halogens is 2. The number of carbonyl (C=O) groups is 1. The van der Waals surface area contributed by atoms with E-state index in [4.69, 9.17) is 49.6 Å². The van der Waals surface area contributed by atoms with Crippen molar-refractivity contribution in [2.24, 2.45) is 0 Å². The summed E-state index contributed by atoms with van der Waals surface area (Å²) in [6, 6.07) is 10.4. The Bertz CT molecular complexity index is 898. The molecule has 29 heavy (non-hydrogen) atoms. The first-order valence-electron chi connectivity index (χ1n) is 8.84. The van der Waals surface area contributed by atoms with Crippen LogP contribution < -0.4 is 30.4 Å². The van der Waals surface area contributed by atoms with Gasteiger partial charge in [0.05, 0.1) is 11.6 Å². The zero-order chi connectivity index (χ0) is 20.6. The Labute approximate surface area is 183 Å². The number of carbonyl (C=O) groups excluding carboxylic acids is 1. The van der Waals surface area contributed by atoms with Gasteiger partial charge in [-0.2, -0.15) is 0 Å². The van der Waals surface area contributed by atoms with Gasteiger partial charge in [0.15, 0.2) is 16.6 Å². The quantitative estimate of drug-likeness (QED) is 0.345. The van der Waals surface area contributed by atoms with Gasteiger partial charge in [-0.3, -0.25) is 15.6 Å². The van der Waals surface area contributed by atoms with Gasteiger partial charge in [-0.25, -0.2) is 0 Å². The van der Waals surface area contributed by atoms with Crippen LogP contribution in [0.4, 0.5) is 5.69 Å². The molecule has 1 amide bonds. The van der Waals surface area contributed by atoms with Gasteiger partial charge in [0.2, 0.25) is 5.91 Å². The van der Waals surface area contributed by atoms with Gasteiger partial charge in [-0.1, -0.05) is 23.2 Å². The fourth-order valence-corrected chi connectivity index (χ4v) is 3.11. The number of thiocarbonyl (C=S) groups is 1. The zero-order valence-electron chi connectivity index (χ0n) is 15.3. The lowest BCUT2D eigenvalue weighted by molar-refractivity contribution is -0.121. The summed E-state index contributed by atoms with van der Waals surface area (Å²) in [7, 11) is 0. The number of amides is 1. The number of hydrogen-bond donors (Lipinski definition) is 3. The van der Waals surface area contributed by atoms with E-state index in [2.05, 4.69) is 16.2 Å². The molecule has 0 atom stereocenters. The average Bonchev–Trinajstić information content (AvgIpc) is 2.71. The monoisotopic (exact) mass is 455 g/mol. The van der Waals surface area contributed by atoms with E-state index in [9.17, 15) is 4.79 Å². The second-order valence-electron chi connectivity index (χ2n) is 6.01. The summed E-state index contributed by atoms with van der Waals surface area (Å²) in [4.78, 5) is 11.9. The number of rotatable bonds is 6. The fourth-order valence-electron chi connectivity index (χ4n) is 2.48. The van der Waals surface area contributed by atoms with Crippen LogP contribution in [0, 0.1) is 0 Å². The first-order chi connectivity index (χ1) is 14.0. The number of fused-ring (bicyclic) bond motifs is 1. The lowest BCUT2D eigenvalue weighted by atomic mass is 10.2. The van der Waals surface area contributed by atoms with Crippen molar-refractivity contribution in [2.75, 3.05) is 25.1 Å². The summed E-state index contributed by atoms with van der Waals surface area (Å²) in [5.74, 6) is 1.64. The van der Waals surface area contributed by atoms with Crippen LogP contribution in [0.3, 0.4) is 0 Å². The number of benzene rings is 2. The molecule has 3 N–H and O–H groups in total. The van der Waals surface area contributed by atoms with E-state index in [1.165, 1.54) is 0 Å². The van der Waals surface area contributed by atoms with Gasteiger partial charge in [-0.15, -0.1) is 0 Å². The third kappa shape index (κ3) is 6.56. The lowest BCUT2D eigenvalue weighted by Crippen LogP contribution is -2.43. The van der Waals surface area contributed by atoms with Crippen molar-refractivity contribution >= 4 is 52.1 Å². The molecule has 0 saturated carbocycles. The predicted octanol–water partition coefficient (Wildman–Crippen LogP) is 3.94. The highest BCUT2D eigenvalue weighted by Crippen LogP contribution is 2.32. The van der Waals surface area contributed by atoms with Crippen LogP contribution in [0.2, 0.25) is 10.0 Å². The van der Waals surface area contributed by atoms with Crippen LogP contribution in [-0.4, -0.2) is 30.8 Å². The Hall–Kier alpha value is -2.42. The van der Waals surface area contributed by atoms with Crippen molar-refractivity contribution in [3.63, 3.8) is 0 Å².